The molecular formula is C7H8O2S. The van der Waals surface area contributed by atoms with Crippen LogP contribution >= 0.6 is 12.6 Å². The predicted molar refractivity (Wildman–Crippen MR) is 44.0 cm³/mol. The third-order valence-electron chi connectivity index (χ3n) is 0.720. The number of carboxylic acids is 1. The molecule has 0 aromatic rings. The van der Waals surface area contributed by atoms with Gasteiger partial charge in [0.25, 0.3) is 0 Å². The van der Waals surface area contributed by atoms with E-state index in [4.69, 9.17) is 5.11 Å². The summed E-state index contributed by atoms with van der Waals surface area (Å²) in [7, 11) is 0. The van der Waals surface area contributed by atoms with Crippen LogP contribution in [0.3, 0.4) is 0 Å². The van der Waals surface area contributed by atoms with Crippen LogP contribution in [0, 0.1) is 0 Å². The Morgan fingerprint density at radius 2 is 2.10 bits per heavy atom. The van der Waals surface area contributed by atoms with Gasteiger partial charge in [0.15, 0.2) is 0 Å². The Kier molecular flexibility index (Phi) is 4.41. The zero-order chi connectivity index (χ0) is 7.98. The number of hydrogen-bond acceptors (Lipinski definition) is 2. The monoisotopic (exact) mass is 156 g/mol. The molecule has 0 aliphatic heterocycles. The number of carbonyl (C=O) groups is 1. The summed E-state index contributed by atoms with van der Waals surface area (Å²) in [5.74, 6) is -1.03. The number of aliphatic carboxylic acids is 1. The summed E-state index contributed by atoms with van der Waals surface area (Å²) in [6, 6.07) is 0. The van der Waals surface area contributed by atoms with Crippen molar-refractivity contribution < 1.29 is 9.90 Å². The van der Waals surface area contributed by atoms with Gasteiger partial charge in [0, 0.05) is 0 Å². The number of allylic oxidation sites excluding steroid dienone is 4. The van der Waals surface area contributed by atoms with Gasteiger partial charge in [-0.25, -0.2) is 4.79 Å². The minimum absolute atomic E-state index is 0.0121. The maximum Gasteiger partial charge on any atom is 0.341 e. The topological polar surface area (TPSA) is 37.3 Å². The molecule has 0 fully saturated rings. The molecule has 10 heavy (non-hydrogen) atoms. The van der Waals surface area contributed by atoms with Gasteiger partial charge in [0.1, 0.15) is 0 Å². The smallest absolute Gasteiger partial charge is 0.341 e. The molecule has 0 aromatic heterocycles. The van der Waals surface area contributed by atoms with E-state index in [1.807, 2.05) is 0 Å². The Morgan fingerprint density at radius 3 is 2.50 bits per heavy atom. The Morgan fingerprint density at radius 1 is 1.50 bits per heavy atom. The molecule has 0 bridgehead atoms. The first kappa shape index (κ1) is 9.04. The second kappa shape index (κ2) is 4.88. The summed E-state index contributed by atoms with van der Waals surface area (Å²) in [6.07, 6.45) is 6.12. The van der Waals surface area contributed by atoms with E-state index < -0.39 is 5.97 Å². The van der Waals surface area contributed by atoms with E-state index in [0.29, 0.717) is 0 Å². The van der Waals surface area contributed by atoms with Crippen LogP contribution in [0.25, 0.3) is 0 Å². The van der Waals surface area contributed by atoms with E-state index in [1.165, 1.54) is 6.08 Å². The predicted octanol–water partition coefficient (Wildman–Crippen LogP) is 1.63. The van der Waals surface area contributed by atoms with Crippen LogP contribution in [0.5, 0.6) is 0 Å². The van der Waals surface area contributed by atoms with Crippen molar-refractivity contribution in [3.63, 3.8) is 0 Å². The van der Waals surface area contributed by atoms with Gasteiger partial charge in [-0.15, -0.1) is 12.6 Å². The molecule has 0 spiro atoms. The first-order valence-corrected chi connectivity index (χ1v) is 3.05. The Labute approximate surface area is 65.0 Å². The van der Waals surface area contributed by atoms with Gasteiger partial charge in [-0.05, 0) is 6.08 Å². The zero-order valence-corrected chi connectivity index (χ0v) is 6.21. The zero-order valence-electron chi connectivity index (χ0n) is 5.32. The average molecular weight is 156 g/mol. The van der Waals surface area contributed by atoms with Crippen LogP contribution in [0.1, 0.15) is 0 Å². The van der Waals surface area contributed by atoms with Crippen molar-refractivity contribution in [2.75, 3.05) is 0 Å². The van der Waals surface area contributed by atoms with Crippen molar-refractivity contribution in [2.45, 2.75) is 0 Å². The fourth-order valence-electron chi connectivity index (χ4n) is 0.297. The summed E-state index contributed by atoms with van der Waals surface area (Å²) in [5, 5.41) is 8.28. The molecule has 0 amide bonds. The van der Waals surface area contributed by atoms with Gasteiger partial charge >= 0.3 is 5.97 Å². The lowest BCUT2D eigenvalue weighted by atomic mass is 10.4. The van der Waals surface area contributed by atoms with Gasteiger partial charge < -0.3 is 5.11 Å². The maximum absolute atomic E-state index is 10.1. The highest BCUT2D eigenvalue weighted by Crippen LogP contribution is 1.99. The van der Waals surface area contributed by atoms with Crippen molar-refractivity contribution >= 4 is 18.6 Å². The third kappa shape index (κ3) is 3.97. The molecule has 3 heteroatoms. The van der Waals surface area contributed by atoms with E-state index >= 15 is 0 Å². The number of carboxylic acid groups (broad SMARTS) is 1. The van der Waals surface area contributed by atoms with E-state index in [1.54, 1.807) is 18.2 Å². The van der Waals surface area contributed by atoms with Crippen LogP contribution in [-0.2, 0) is 4.79 Å². The summed E-state index contributed by atoms with van der Waals surface area (Å²) in [6.45, 7) is 3.41. The van der Waals surface area contributed by atoms with Crippen LogP contribution in [-0.4, -0.2) is 11.1 Å². The van der Waals surface area contributed by atoms with Gasteiger partial charge in [-0.1, -0.05) is 24.8 Å². The second-order valence-corrected chi connectivity index (χ2v) is 1.96. The van der Waals surface area contributed by atoms with Crippen LogP contribution in [0.4, 0.5) is 0 Å². The Balaban J connectivity index is 4.04. The van der Waals surface area contributed by atoms with E-state index in [9.17, 15) is 4.79 Å². The lowest BCUT2D eigenvalue weighted by molar-refractivity contribution is -0.131. The van der Waals surface area contributed by atoms with Crippen LogP contribution < -0.4 is 0 Å². The largest absolute Gasteiger partial charge is 0.477 e. The number of hydrogen-bond donors (Lipinski definition) is 2. The van der Waals surface area contributed by atoms with Crippen LogP contribution in [0.15, 0.2) is 35.8 Å². The summed E-state index contributed by atoms with van der Waals surface area (Å²) < 4.78 is 0. The van der Waals surface area contributed by atoms with Crippen molar-refractivity contribution in [2.24, 2.45) is 0 Å². The number of rotatable bonds is 3. The highest BCUT2D eigenvalue weighted by Gasteiger charge is 1.96. The first-order valence-electron chi connectivity index (χ1n) is 2.60. The summed E-state index contributed by atoms with van der Waals surface area (Å²) in [4.78, 5) is 10.1. The Hall–Kier alpha value is -0.960. The molecule has 0 unspecified atom stereocenters. The van der Waals surface area contributed by atoms with Crippen molar-refractivity contribution in [3.8, 4) is 0 Å². The molecule has 0 saturated heterocycles. The Bertz CT molecular complexity index is 192. The van der Waals surface area contributed by atoms with Crippen molar-refractivity contribution in [1.82, 2.24) is 0 Å². The molecule has 54 valence electrons. The molecule has 0 aliphatic carbocycles. The van der Waals surface area contributed by atoms with E-state index in [2.05, 4.69) is 19.2 Å². The maximum atomic E-state index is 10.1. The summed E-state index contributed by atoms with van der Waals surface area (Å²) >= 11 is 3.67. The third-order valence-corrected chi connectivity index (χ3v) is 1.06. The SMILES string of the molecule is C=CC=C/C=C(\S)C(=O)O. The summed E-state index contributed by atoms with van der Waals surface area (Å²) in [5.41, 5.74) is 0. The minimum Gasteiger partial charge on any atom is -0.477 e. The van der Waals surface area contributed by atoms with Gasteiger partial charge in [0.2, 0.25) is 0 Å². The molecule has 0 aliphatic rings. The van der Waals surface area contributed by atoms with Crippen LogP contribution in [0.2, 0.25) is 0 Å². The normalized spacial score (nSPS) is 11.9. The molecule has 0 atom stereocenters. The van der Waals surface area contributed by atoms with E-state index in [0.717, 1.165) is 0 Å². The first-order chi connectivity index (χ1) is 4.68. The average Bonchev–Trinajstić information content (AvgIpc) is 1.88. The molecule has 0 saturated carbocycles. The molecule has 2 nitrogen and oxygen atoms in total. The molecular weight excluding hydrogens is 148 g/mol. The highest BCUT2D eigenvalue weighted by atomic mass is 32.1. The van der Waals surface area contributed by atoms with E-state index in [-0.39, 0.29) is 4.91 Å². The molecule has 0 heterocycles. The highest BCUT2D eigenvalue weighted by molar-refractivity contribution is 7.85. The quantitative estimate of drug-likeness (QED) is 0.370. The minimum atomic E-state index is -1.03. The van der Waals surface area contributed by atoms with Crippen molar-refractivity contribution in [3.05, 3.63) is 35.8 Å². The standard InChI is InChI=1S/C7H8O2S/c1-2-3-4-5-6(10)7(8)9/h2-5,10H,1H2,(H,8,9)/b4-3?,6-5-. The fourth-order valence-corrected chi connectivity index (χ4v) is 0.383. The molecule has 0 rings (SSSR count). The van der Waals surface area contributed by atoms with Gasteiger partial charge in [-0.3, -0.25) is 0 Å². The lowest BCUT2D eigenvalue weighted by Crippen LogP contribution is -1.92. The lowest BCUT2D eigenvalue weighted by Gasteiger charge is -1.84. The second-order valence-electron chi connectivity index (χ2n) is 1.48. The fraction of sp³-hybridized carbons (Fsp3) is 0. The molecule has 0 radical (unpaired) electrons. The molecule has 1 N–H and O–H groups in total. The van der Waals surface area contributed by atoms with Gasteiger partial charge in [-0.2, -0.15) is 0 Å². The van der Waals surface area contributed by atoms with Crippen molar-refractivity contribution in [1.29, 1.82) is 0 Å². The number of thiol groups is 1. The van der Waals surface area contributed by atoms with Gasteiger partial charge in [0.05, 0.1) is 4.91 Å². The molecule has 0 aromatic carbocycles.